The van der Waals surface area contributed by atoms with Gasteiger partial charge >= 0.3 is 0 Å². The van der Waals surface area contributed by atoms with Crippen molar-refractivity contribution in [3.05, 3.63) is 6.33 Å². The van der Waals surface area contributed by atoms with E-state index in [-0.39, 0.29) is 11.8 Å². The first-order chi connectivity index (χ1) is 8.13. The number of methoxy groups -OCH3 is 1. The summed E-state index contributed by atoms with van der Waals surface area (Å²) >= 11 is 0. The van der Waals surface area contributed by atoms with Crippen molar-refractivity contribution in [2.75, 3.05) is 31.4 Å². The van der Waals surface area contributed by atoms with Gasteiger partial charge in [0.05, 0.1) is 7.11 Å². The van der Waals surface area contributed by atoms with Crippen LogP contribution in [0.2, 0.25) is 0 Å². The van der Waals surface area contributed by atoms with Gasteiger partial charge in [0.2, 0.25) is 11.8 Å². The topological polar surface area (TPSA) is 67.4 Å². The second-order valence-corrected chi connectivity index (χ2v) is 4.24. The van der Waals surface area contributed by atoms with Gasteiger partial charge < -0.3 is 15.0 Å². The van der Waals surface area contributed by atoms with E-state index in [1.807, 2.05) is 19.0 Å². The van der Waals surface area contributed by atoms with E-state index < -0.39 is 0 Å². The lowest BCUT2D eigenvalue weighted by molar-refractivity contribution is -0.117. The van der Waals surface area contributed by atoms with Gasteiger partial charge in [-0.15, -0.1) is 0 Å². The minimum Gasteiger partial charge on any atom is -0.479 e. The molecule has 92 valence electrons. The lowest BCUT2D eigenvalue weighted by Crippen LogP contribution is -2.19. The second-order valence-electron chi connectivity index (χ2n) is 4.24. The van der Waals surface area contributed by atoms with E-state index in [0.29, 0.717) is 17.4 Å². The summed E-state index contributed by atoms with van der Waals surface area (Å²) in [5.41, 5.74) is 0.539. The Morgan fingerprint density at radius 3 is 2.71 bits per heavy atom. The largest absolute Gasteiger partial charge is 0.479 e. The molecule has 6 nitrogen and oxygen atoms in total. The Morgan fingerprint density at radius 1 is 1.47 bits per heavy atom. The van der Waals surface area contributed by atoms with Crippen LogP contribution in [0.4, 0.5) is 11.5 Å². The van der Waals surface area contributed by atoms with Crippen LogP contribution in [0.3, 0.4) is 0 Å². The highest BCUT2D eigenvalue weighted by Gasteiger charge is 2.31. The number of rotatable bonds is 4. The predicted octanol–water partition coefficient (Wildman–Crippen LogP) is 0.900. The van der Waals surface area contributed by atoms with Crippen molar-refractivity contribution in [1.82, 2.24) is 9.97 Å². The number of nitrogens with one attached hydrogen (secondary N) is 1. The van der Waals surface area contributed by atoms with E-state index in [0.717, 1.165) is 12.8 Å². The first kappa shape index (κ1) is 11.6. The maximum Gasteiger partial charge on any atom is 0.242 e. The van der Waals surface area contributed by atoms with Crippen LogP contribution >= 0.6 is 0 Å². The van der Waals surface area contributed by atoms with Crippen LogP contribution in [0.15, 0.2) is 6.33 Å². The number of anilines is 2. The van der Waals surface area contributed by atoms with Gasteiger partial charge in [-0.25, -0.2) is 4.98 Å². The summed E-state index contributed by atoms with van der Waals surface area (Å²) in [6.07, 6.45) is 3.33. The number of ether oxygens (including phenoxy) is 1. The van der Waals surface area contributed by atoms with Crippen LogP contribution in [0.5, 0.6) is 5.88 Å². The van der Waals surface area contributed by atoms with E-state index in [1.54, 1.807) is 0 Å². The molecule has 1 aliphatic rings. The van der Waals surface area contributed by atoms with Gasteiger partial charge in [0.1, 0.15) is 12.0 Å². The molecule has 0 radical (unpaired) electrons. The first-order valence-corrected chi connectivity index (χ1v) is 5.50. The van der Waals surface area contributed by atoms with Gasteiger partial charge in [-0.3, -0.25) is 4.79 Å². The van der Waals surface area contributed by atoms with E-state index >= 15 is 0 Å². The summed E-state index contributed by atoms with van der Waals surface area (Å²) < 4.78 is 5.14. The van der Waals surface area contributed by atoms with Crippen molar-refractivity contribution in [2.24, 2.45) is 5.92 Å². The first-order valence-electron chi connectivity index (χ1n) is 5.50. The molecular weight excluding hydrogens is 220 g/mol. The van der Waals surface area contributed by atoms with E-state index in [9.17, 15) is 4.79 Å². The molecule has 1 heterocycles. The molecular formula is C11H16N4O2. The molecule has 1 amide bonds. The zero-order valence-corrected chi connectivity index (χ0v) is 10.2. The van der Waals surface area contributed by atoms with E-state index in [1.165, 1.54) is 13.4 Å². The SMILES string of the molecule is COc1ncnc(N(C)C)c1NC(=O)C1CC1. The van der Waals surface area contributed by atoms with Gasteiger partial charge in [0, 0.05) is 20.0 Å². The Hall–Kier alpha value is -1.85. The Bertz CT molecular complexity index is 429. The average molecular weight is 236 g/mol. The summed E-state index contributed by atoms with van der Waals surface area (Å²) in [6, 6.07) is 0. The molecule has 2 rings (SSSR count). The number of carbonyl (C=O) groups excluding carboxylic acids is 1. The van der Waals surface area contributed by atoms with Gasteiger partial charge in [-0.1, -0.05) is 0 Å². The minimum absolute atomic E-state index is 0.0150. The highest BCUT2D eigenvalue weighted by molar-refractivity contribution is 5.97. The number of aromatic nitrogens is 2. The Morgan fingerprint density at radius 2 is 2.18 bits per heavy atom. The summed E-state index contributed by atoms with van der Waals surface area (Å²) in [4.78, 5) is 21.7. The van der Waals surface area contributed by atoms with E-state index in [4.69, 9.17) is 4.74 Å². The van der Waals surface area contributed by atoms with Gasteiger partial charge in [0.25, 0.3) is 0 Å². The Balaban J connectivity index is 2.30. The molecule has 1 aliphatic carbocycles. The zero-order chi connectivity index (χ0) is 12.4. The van der Waals surface area contributed by atoms with E-state index in [2.05, 4.69) is 15.3 Å². The highest BCUT2D eigenvalue weighted by atomic mass is 16.5. The van der Waals surface area contributed by atoms with Crippen molar-refractivity contribution >= 4 is 17.4 Å². The molecule has 1 fully saturated rings. The predicted molar refractivity (Wildman–Crippen MR) is 64.3 cm³/mol. The molecule has 1 aromatic rings. The number of nitrogens with zero attached hydrogens (tertiary/aromatic N) is 3. The zero-order valence-electron chi connectivity index (χ0n) is 10.2. The van der Waals surface area contributed by atoms with Crippen LogP contribution in [-0.2, 0) is 4.79 Å². The molecule has 0 bridgehead atoms. The number of amides is 1. The maximum atomic E-state index is 11.8. The van der Waals surface area contributed by atoms with Crippen LogP contribution in [0.1, 0.15) is 12.8 Å². The Labute approximate surface area is 100 Å². The summed E-state index contributed by atoms with van der Waals surface area (Å²) in [5, 5.41) is 2.84. The van der Waals surface area contributed by atoms with Gasteiger partial charge in [-0.05, 0) is 12.8 Å². The monoisotopic (exact) mass is 236 g/mol. The minimum atomic E-state index is 0.0150. The standard InChI is InChI=1S/C11H16N4O2/c1-15(2)9-8(11(17-3)13-6-12-9)14-10(16)7-4-5-7/h6-7H,4-5H2,1-3H3,(H,14,16). The molecule has 0 atom stereocenters. The van der Waals surface area contributed by atoms with Crippen molar-refractivity contribution in [2.45, 2.75) is 12.8 Å². The van der Waals surface area contributed by atoms with Crippen molar-refractivity contribution in [3.8, 4) is 5.88 Å². The normalized spacial score (nSPS) is 14.3. The molecule has 0 unspecified atom stereocenters. The number of hydrogen-bond donors (Lipinski definition) is 1. The molecule has 1 N–H and O–H groups in total. The average Bonchev–Trinajstić information content (AvgIpc) is 3.12. The summed E-state index contributed by atoms with van der Waals surface area (Å²) in [7, 11) is 5.23. The summed E-state index contributed by atoms with van der Waals surface area (Å²) in [5.74, 6) is 1.18. The Kier molecular flexibility index (Phi) is 3.12. The smallest absolute Gasteiger partial charge is 0.242 e. The third kappa shape index (κ3) is 2.46. The lowest BCUT2D eigenvalue weighted by Gasteiger charge is -2.17. The fourth-order valence-corrected chi connectivity index (χ4v) is 1.53. The fourth-order valence-electron chi connectivity index (χ4n) is 1.53. The van der Waals surface area contributed by atoms with Crippen molar-refractivity contribution in [1.29, 1.82) is 0 Å². The van der Waals surface area contributed by atoms with Crippen LogP contribution in [0.25, 0.3) is 0 Å². The molecule has 0 aromatic carbocycles. The van der Waals surface area contributed by atoms with Crippen LogP contribution in [-0.4, -0.2) is 37.1 Å². The molecule has 0 saturated heterocycles. The third-order valence-corrected chi connectivity index (χ3v) is 2.61. The van der Waals surface area contributed by atoms with Crippen molar-refractivity contribution in [3.63, 3.8) is 0 Å². The van der Waals surface area contributed by atoms with Crippen LogP contribution < -0.4 is 15.0 Å². The van der Waals surface area contributed by atoms with Crippen molar-refractivity contribution < 1.29 is 9.53 Å². The fraction of sp³-hybridized carbons (Fsp3) is 0.545. The van der Waals surface area contributed by atoms with Gasteiger partial charge in [-0.2, -0.15) is 4.98 Å². The molecule has 1 aromatic heterocycles. The third-order valence-electron chi connectivity index (χ3n) is 2.61. The molecule has 1 saturated carbocycles. The maximum absolute atomic E-state index is 11.8. The van der Waals surface area contributed by atoms with Gasteiger partial charge in [0.15, 0.2) is 5.82 Å². The molecule has 0 spiro atoms. The molecule has 17 heavy (non-hydrogen) atoms. The highest BCUT2D eigenvalue weighted by Crippen LogP contribution is 2.34. The molecule has 6 heteroatoms. The molecule has 0 aliphatic heterocycles. The lowest BCUT2D eigenvalue weighted by atomic mass is 10.3. The number of hydrogen-bond acceptors (Lipinski definition) is 5. The summed E-state index contributed by atoms with van der Waals surface area (Å²) in [6.45, 7) is 0. The quantitative estimate of drug-likeness (QED) is 0.841. The second kappa shape index (κ2) is 4.57. The van der Waals surface area contributed by atoms with Crippen LogP contribution in [0, 0.1) is 5.92 Å². The number of carbonyl (C=O) groups is 1.